The summed E-state index contributed by atoms with van der Waals surface area (Å²) in [6, 6.07) is 40.3. The lowest BCUT2D eigenvalue weighted by atomic mass is 9.30. The Hall–Kier alpha value is -4.76. The molecule has 54 heavy (non-hydrogen) atoms. The number of anilines is 3. The van der Waals surface area contributed by atoms with Gasteiger partial charge in [0.1, 0.15) is 0 Å². The topological polar surface area (TPSA) is 6.48 Å². The van der Waals surface area contributed by atoms with E-state index in [1.54, 1.807) is 0 Å². The average molecular weight is 707 g/mol. The Morgan fingerprint density at radius 1 is 0.630 bits per heavy atom. The molecule has 0 saturated heterocycles. The summed E-state index contributed by atoms with van der Waals surface area (Å²) in [4.78, 5) is 5.44. The second-order valence-corrected chi connectivity index (χ2v) is 19.5. The predicted octanol–water partition coefficient (Wildman–Crippen LogP) is 11.8. The second kappa shape index (κ2) is 12.1. The minimum absolute atomic E-state index is 0.0223. The van der Waals surface area contributed by atoms with Crippen LogP contribution in [0.1, 0.15) is 97.9 Å². The van der Waals surface area contributed by atoms with Crippen molar-refractivity contribution in [3.63, 3.8) is 0 Å². The maximum atomic E-state index is 2.74. The van der Waals surface area contributed by atoms with Gasteiger partial charge in [0.05, 0.1) is 6.04 Å². The third kappa shape index (κ3) is 5.44. The first kappa shape index (κ1) is 35.0. The smallest absolute Gasteiger partial charge is 0.247 e. The molecule has 0 fully saturated rings. The third-order valence-corrected chi connectivity index (χ3v) is 12.8. The van der Waals surface area contributed by atoms with E-state index in [0.29, 0.717) is 5.92 Å². The molecule has 0 amide bonds. The zero-order valence-electron chi connectivity index (χ0n) is 34.0. The molecule has 0 N–H and O–H groups in total. The van der Waals surface area contributed by atoms with Gasteiger partial charge in [-0.15, -0.1) is 0 Å². The van der Waals surface area contributed by atoms with Crippen molar-refractivity contribution in [1.82, 2.24) is 0 Å². The van der Waals surface area contributed by atoms with Gasteiger partial charge < -0.3 is 9.80 Å². The van der Waals surface area contributed by atoms with Crippen LogP contribution in [0.25, 0.3) is 16.5 Å². The van der Waals surface area contributed by atoms with Crippen LogP contribution >= 0.6 is 0 Å². The number of fused-ring (bicyclic) bond motifs is 8. The quantitative estimate of drug-likeness (QED) is 0.169. The van der Waals surface area contributed by atoms with Crippen LogP contribution in [0.3, 0.4) is 0 Å². The van der Waals surface area contributed by atoms with Crippen LogP contribution in [0.2, 0.25) is 0 Å². The SMILES string of the molecule is CC1CC(N2C3=C4B(c5cc(C(C)(C)C)ccc5N(c5ccc(C(C)(C)C)cc5)C4Cc4ccccc43)c3ccc4ccccc4c32)=CC=C1C(C)(C)C. The van der Waals surface area contributed by atoms with Gasteiger partial charge in [0.25, 0.3) is 0 Å². The lowest BCUT2D eigenvalue weighted by Crippen LogP contribution is -2.62. The number of allylic oxidation sites excluding steroid dienone is 4. The molecule has 4 aliphatic rings. The molecule has 0 aromatic heterocycles. The molecule has 2 unspecified atom stereocenters. The van der Waals surface area contributed by atoms with Gasteiger partial charge in [-0.1, -0.05) is 166 Å². The second-order valence-electron chi connectivity index (χ2n) is 19.5. The van der Waals surface area contributed by atoms with Crippen molar-refractivity contribution >= 4 is 51.2 Å². The highest BCUT2D eigenvalue weighted by Crippen LogP contribution is 2.52. The standard InChI is InChI=1S/C51H55BN2/c1-32-29-38(25-26-41(32)51(8,9)10)54-47-39-17-13-11-15-33(39)19-27-42(47)52-43-31-36(50(5,6)7)22-28-44(43)53(37-23-20-35(21-24-37)49(2,3)4)45-30-34-16-12-14-18-40(34)48(54)46(45)52/h11-28,31-32,45H,29-30H2,1-10H3. The minimum Gasteiger partial charge on any atom is -0.335 e. The van der Waals surface area contributed by atoms with E-state index in [-0.39, 0.29) is 29.0 Å². The summed E-state index contributed by atoms with van der Waals surface area (Å²) in [5, 5.41) is 2.62. The summed E-state index contributed by atoms with van der Waals surface area (Å²) in [6.07, 6.45) is 6.88. The first-order chi connectivity index (χ1) is 25.6. The van der Waals surface area contributed by atoms with Crippen molar-refractivity contribution in [2.45, 2.75) is 99.0 Å². The fraction of sp³-hybridized carbons (Fsp3) is 0.333. The molecule has 0 spiro atoms. The van der Waals surface area contributed by atoms with Crippen molar-refractivity contribution in [2.75, 3.05) is 9.80 Å². The molecule has 2 nitrogen and oxygen atoms in total. The van der Waals surface area contributed by atoms with Gasteiger partial charge in [-0.3, -0.25) is 0 Å². The maximum absolute atomic E-state index is 2.74. The fourth-order valence-electron chi connectivity index (χ4n) is 10.1. The lowest BCUT2D eigenvalue weighted by Gasteiger charge is -2.52. The van der Waals surface area contributed by atoms with E-state index in [1.807, 2.05) is 0 Å². The van der Waals surface area contributed by atoms with Crippen LogP contribution in [-0.2, 0) is 17.3 Å². The Balaban J connectivity index is 1.40. The first-order valence-corrected chi connectivity index (χ1v) is 20.2. The molecule has 0 saturated carbocycles. The highest BCUT2D eigenvalue weighted by atomic mass is 15.2. The third-order valence-electron chi connectivity index (χ3n) is 12.8. The summed E-state index contributed by atoms with van der Waals surface area (Å²) in [7, 11) is 0. The molecule has 0 radical (unpaired) electrons. The Morgan fingerprint density at radius 2 is 1.31 bits per heavy atom. The molecule has 5 aromatic carbocycles. The molecule has 5 aromatic rings. The van der Waals surface area contributed by atoms with Crippen LogP contribution in [0, 0.1) is 11.3 Å². The van der Waals surface area contributed by atoms with E-state index in [1.165, 1.54) is 83.5 Å². The molecular formula is C51H55BN2. The summed E-state index contributed by atoms with van der Waals surface area (Å²) in [6.45, 7) is 23.7. The van der Waals surface area contributed by atoms with Gasteiger partial charge in [-0.25, -0.2) is 0 Å². The normalized spacial score (nSPS) is 19.6. The molecule has 2 aliphatic heterocycles. The van der Waals surface area contributed by atoms with Crippen molar-refractivity contribution in [3.8, 4) is 0 Å². The molecule has 3 heteroatoms. The van der Waals surface area contributed by atoms with Gasteiger partial charge >= 0.3 is 0 Å². The number of hydrogen-bond donors (Lipinski definition) is 0. The Labute approximate surface area is 324 Å². The van der Waals surface area contributed by atoms with E-state index in [0.717, 1.165) is 12.8 Å². The van der Waals surface area contributed by atoms with Crippen molar-refractivity contribution in [3.05, 3.63) is 154 Å². The van der Waals surface area contributed by atoms with E-state index < -0.39 is 0 Å². The predicted molar refractivity (Wildman–Crippen MR) is 234 cm³/mol. The average Bonchev–Trinajstić information content (AvgIpc) is 3.13. The zero-order chi connectivity index (χ0) is 37.9. The van der Waals surface area contributed by atoms with Gasteiger partial charge in [0.2, 0.25) is 6.71 Å². The largest absolute Gasteiger partial charge is 0.335 e. The van der Waals surface area contributed by atoms with Crippen LogP contribution in [0.5, 0.6) is 0 Å². The van der Waals surface area contributed by atoms with E-state index in [2.05, 4.69) is 194 Å². The van der Waals surface area contributed by atoms with Crippen molar-refractivity contribution in [2.24, 2.45) is 11.3 Å². The Kier molecular flexibility index (Phi) is 7.85. The highest BCUT2D eigenvalue weighted by molar-refractivity contribution is 6.95. The van der Waals surface area contributed by atoms with E-state index in [9.17, 15) is 0 Å². The van der Waals surface area contributed by atoms with Crippen molar-refractivity contribution in [1.29, 1.82) is 0 Å². The minimum atomic E-state index is 0.0223. The number of hydrogen-bond acceptors (Lipinski definition) is 2. The summed E-state index contributed by atoms with van der Waals surface area (Å²) < 4.78 is 0. The van der Waals surface area contributed by atoms with E-state index in [4.69, 9.17) is 0 Å². The van der Waals surface area contributed by atoms with Crippen LogP contribution in [-0.4, -0.2) is 12.8 Å². The molecule has 2 aliphatic carbocycles. The number of rotatable bonds is 2. The van der Waals surface area contributed by atoms with Gasteiger partial charge in [0.15, 0.2) is 0 Å². The van der Waals surface area contributed by atoms with Gasteiger partial charge in [-0.2, -0.15) is 0 Å². The maximum Gasteiger partial charge on any atom is 0.247 e. The molecule has 2 heterocycles. The highest BCUT2D eigenvalue weighted by Gasteiger charge is 2.50. The molecule has 0 bridgehead atoms. The monoisotopic (exact) mass is 706 g/mol. The summed E-state index contributed by atoms with van der Waals surface area (Å²) in [5.41, 5.74) is 18.4. The lowest BCUT2D eigenvalue weighted by molar-refractivity contribution is 0.428. The van der Waals surface area contributed by atoms with E-state index >= 15 is 0 Å². The van der Waals surface area contributed by atoms with Gasteiger partial charge in [-0.05, 0) is 97.8 Å². The fourth-order valence-corrected chi connectivity index (χ4v) is 10.1. The summed E-state index contributed by atoms with van der Waals surface area (Å²) in [5.74, 6) is 0.445. The first-order valence-electron chi connectivity index (χ1n) is 20.2. The van der Waals surface area contributed by atoms with Crippen LogP contribution in [0.4, 0.5) is 17.1 Å². The molecule has 9 rings (SSSR count). The van der Waals surface area contributed by atoms with Crippen LogP contribution in [0.15, 0.2) is 132 Å². The van der Waals surface area contributed by atoms with Gasteiger partial charge in [0, 0.05) is 39.4 Å². The Morgan fingerprint density at radius 3 is 2.02 bits per heavy atom. The molecular weight excluding hydrogens is 651 g/mol. The number of benzene rings is 5. The number of nitrogens with zero attached hydrogens (tertiary/aromatic N) is 2. The molecule has 2 atom stereocenters. The zero-order valence-corrected chi connectivity index (χ0v) is 34.0. The van der Waals surface area contributed by atoms with Crippen LogP contribution < -0.4 is 20.7 Å². The Bertz CT molecular complexity index is 2420. The molecule has 272 valence electrons. The summed E-state index contributed by atoms with van der Waals surface area (Å²) >= 11 is 0. The van der Waals surface area contributed by atoms with Crippen molar-refractivity contribution < 1.29 is 0 Å².